The number of aryl methyl sites for hydroxylation is 1. The van der Waals surface area contributed by atoms with Crippen LogP contribution in [0.2, 0.25) is 0 Å². The van der Waals surface area contributed by atoms with Crippen LogP contribution in [-0.2, 0) is 16.0 Å². The van der Waals surface area contributed by atoms with E-state index in [9.17, 15) is 4.79 Å². The van der Waals surface area contributed by atoms with Gasteiger partial charge in [-0.1, -0.05) is 12.1 Å². The third-order valence-electron chi connectivity index (χ3n) is 8.22. The van der Waals surface area contributed by atoms with E-state index < -0.39 is 0 Å². The minimum Gasteiger partial charge on any atom is -0.496 e. The molecule has 1 aliphatic heterocycles. The highest BCUT2D eigenvalue weighted by molar-refractivity contribution is 5.89. The molecule has 1 aromatic heterocycles. The molecule has 2 aromatic carbocycles. The predicted octanol–water partition coefficient (Wildman–Crippen LogP) is 5.40. The molecular formula is C28H34N2O4. The summed E-state index contributed by atoms with van der Waals surface area (Å²) < 4.78 is 16.6. The number of fused-ring (bicyclic) bond motifs is 1. The Labute approximate surface area is 201 Å². The van der Waals surface area contributed by atoms with Gasteiger partial charge in [0.25, 0.3) is 0 Å². The van der Waals surface area contributed by atoms with Crippen molar-refractivity contribution in [3.63, 3.8) is 0 Å². The fourth-order valence-electron chi connectivity index (χ4n) is 6.16. The van der Waals surface area contributed by atoms with Crippen LogP contribution in [0.3, 0.4) is 0 Å². The average molecular weight is 463 g/mol. The third kappa shape index (κ3) is 3.79. The van der Waals surface area contributed by atoms with Crippen LogP contribution in [-0.4, -0.2) is 49.8 Å². The van der Waals surface area contributed by atoms with E-state index in [1.807, 2.05) is 25.4 Å². The van der Waals surface area contributed by atoms with E-state index in [1.165, 1.54) is 41.1 Å². The lowest BCUT2D eigenvalue weighted by Crippen LogP contribution is -2.53. The van der Waals surface area contributed by atoms with Gasteiger partial charge in [-0.2, -0.15) is 0 Å². The molecule has 0 radical (unpaired) electrons. The van der Waals surface area contributed by atoms with Crippen LogP contribution in [0.15, 0.2) is 42.6 Å². The first-order valence-corrected chi connectivity index (χ1v) is 12.1. The molecule has 3 atom stereocenters. The highest BCUT2D eigenvalue weighted by Crippen LogP contribution is 2.55. The molecule has 2 aliphatic rings. The fraction of sp³-hybridized carbons (Fsp3) is 0.464. The topological polar surface area (TPSA) is 63.8 Å². The Kier molecular flexibility index (Phi) is 6.13. The van der Waals surface area contributed by atoms with E-state index in [0.29, 0.717) is 11.7 Å². The van der Waals surface area contributed by atoms with Crippen LogP contribution in [0.25, 0.3) is 10.9 Å². The molecule has 1 saturated heterocycles. The van der Waals surface area contributed by atoms with E-state index in [0.717, 1.165) is 38.1 Å². The number of ether oxygens (including phenoxy) is 3. The third-order valence-corrected chi connectivity index (χ3v) is 8.22. The zero-order valence-corrected chi connectivity index (χ0v) is 20.5. The van der Waals surface area contributed by atoms with Gasteiger partial charge in [0.15, 0.2) is 0 Å². The van der Waals surface area contributed by atoms with Crippen molar-refractivity contribution in [3.05, 3.63) is 64.8 Å². The van der Waals surface area contributed by atoms with E-state index in [-0.39, 0.29) is 17.4 Å². The van der Waals surface area contributed by atoms with Gasteiger partial charge in [0, 0.05) is 42.4 Å². The molecule has 2 heterocycles. The Bertz CT molecular complexity index is 1180. The first-order chi connectivity index (χ1) is 16.5. The Balaban J connectivity index is 1.51. The summed E-state index contributed by atoms with van der Waals surface area (Å²) >= 11 is 0. The van der Waals surface area contributed by atoms with E-state index in [4.69, 9.17) is 14.2 Å². The van der Waals surface area contributed by atoms with Gasteiger partial charge >= 0.3 is 5.97 Å². The van der Waals surface area contributed by atoms with Gasteiger partial charge in [-0.15, -0.1) is 0 Å². The lowest BCUT2D eigenvalue weighted by molar-refractivity contribution is -0.134. The second-order valence-electron chi connectivity index (χ2n) is 9.82. The largest absolute Gasteiger partial charge is 0.496 e. The predicted molar refractivity (Wildman–Crippen MR) is 132 cm³/mol. The molecule has 6 nitrogen and oxygen atoms in total. The molecule has 5 rings (SSSR count). The monoisotopic (exact) mass is 462 g/mol. The average Bonchev–Trinajstić information content (AvgIpc) is 3.36. The summed E-state index contributed by atoms with van der Waals surface area (Å²) in [4.78, 5) is 17.9. The lowest BCUT2D eigenvalue weighted by atomic mass is 9.58. The van der Waals surface area contributed by atoms with Crippen LogP contribution < -0.4 is 4.74 Å². The summed E-state index contributed by atoms with van der Waals surface area (Å²) in [5.41, 5.74) is 5.61. The number of likely N-dealkylation sites (tertiary alicyclic amines) is 1. The molecule has 1 N–H and O–H groups in total. The summed E-state index contributed by atoms with van der Waals surface area (Å²) in [6, 6.07) is 12.4. The Morgan fingerprint density at radius 3 is 2.59 bits per heavy atom. The maximum atomic E-state index is 12.0. The number of hydrogen-bond acceptors (Lipinski definition) is 5. The highest BCUT2D eigenvalue weighted by Gasteiger charge is 2.51. The number of piperidine rings is 1. The summed E-state index contributed by atoms with van der Waals surface area (Å²) in [6.45, 7) is 3.91. The minimum atomic E-state index is -0.304. The molecule has 180 valence electrons. The number of aromatic amines is 1. The lowest BCUT2D eigenvalue weighted by Gasteiger charge is -2.56. The Hall–Kier alpha value is -2.83. The number of carbonyl (C=O) groups excluding carboxylic acids is 1. The van der Waals surface area contributed by atoms with Gasteiger partial charge < -0.3 is 19.2 Å². The first kappa shape index (κ1) is 22.9. The fourth-order valence-corrected chi connectivity index (χ4v) is 6.16. The quantitative estimate of drug-likeness (QED) is 0.497. The summed E-state index contributed by atoms with van der Waals surface area (Å²) in [6.07, 6.45) is 6.87. The zero-order chi connectivity index (χ0) is 23.9. The van der Waals surface area contributed by atoms with Gasteiger partial charge in [0.05, 0.1) is 25.9 Å². The molecule has 3 aromatic rings. The van der Waals surface area contributed by atoms with Crippen LogP contribution >= 0.6 is 0 Å². The number of hydrogen-bond donors (Lipinski definition) is 1. The van der Waals surface area contributed by atoms with Crippen molar-refractivity contribution in [2.24, 2.45) is 5.41 Å². The number of methoxy groups -OCH3 is 3. The van der Waals surface area contributed by atoms with Crippen LogP contribution in [0.5, 0.6) is 5.75 Å². The molecule has 0 amide bonds. The number of rotatable bonds is 6. The van der Waals surface area contributed by atoms with Crippen LogP contribution in [0.1, 0.15) is 58.8 Å². The van der Waals surface area contributed by atoms with Crippen molar-refractivity contribution >= 4 is 16.9 Å². The van der Waals surface area contributed by atoms with Crippen molar-refractivity contribution in [3.8, 4) is 5.75 Å². The van der Waals surface area contributed by atoms with Gasteiger partial charge in [0.1, 0.15) is 5.75 Å². The van der Waals surface area contributed by atoms with E-state index >= 15 is 0 Å². The van der Waals surface area contributed by atoms with Gasteiger partial charge in [-0.3, -0.25) is 4.90 Å². The van der Waals surface area contributed by atoms with Gasteiger partial charge in [-0.05, 0) is 80.0 Å². The SMILES string of the molecule is COC(=O)c1ccc(C2CC3(CCC3OC)CCN2Cc2c(OC)cc(C)c3[nH]ccc23)cc1. The van der Waals surface area contributed by atoms with Crippen molar-refractivity contribution in [2.45, 2.75) is 51.3 Å². The Morgan fingerprint density at radius 2 is 1.94 bits per heavy atom. The van der Waals surface area contributed by atoms with E-state index in [2.05, 4.69) is 41.1 Å². The van der Waals surface area contributed by atoms with Gasteiger partial charge in [0.2, 0.25) is 0 Å². The molecular weight excluding hydrogens is 428 g/mol. The molecule has 34 heavy (non-hydrogen) atoms. The van der Waals surface area contributed by atoms with Gasteiger partial charge in [-0.25, -0.2) is 4.79 Å². The first-order valence-electron chi connectivity index (χ1n) is 12.1. The molecule has 1 aliphatic carbocycles. The summed E-state index contributed by atoms with van der Waals surface area (Å²) in [5.74, 6) is 0.629. The summed E-state index contributed by atoms with van der Waals surface area (Å²) in [5, 5.41) is 1.22. The minimum absolute atomic E-state index is 0.234. The number of H-pyrrole nitrogens is 1. The summed E-state index contributed by atoms with van der Waals surface area (Å²) in [7, 11) is 5.02. The number of nitrogens with one attached hydrogen (secondary N) is 1. The number of aromatic nitrogens is 1. The maximum Gasteiger partial charge on any atom is 0.337 e. The standard InChI is InChI=1S/C28H34N2O4/c1-18-15-24(32-2)22(21-10-13-29-26(18)21)17-30-14-12-28(11-9-25(28)33-3)16-23(30)19-5-7-20(8-6-19)27(31)34-4/h5-8,10,13,15,23,25,29H,9,11-12,14,16-17H2,1-4H3. The number of carbonyl (C=O) groups is 1. The second kappa shape index (κ2) is 9.08. The number of benzene rings is 2. The second-order valence-corrected chi connectivity index (χ2v) is 9.82. The Morgan fingerprint density at radius 1 is 1.15 bits per heavy atom. The maximum absolute atomic E-state index is 12.0. The zero-order valence-electron chi connectivity index (χ0n) is 20.5. The van der Waals surface area contributed by atoms with Crippen molar-refractivity contribution < 1.29 is 19.0 Å². The molecule has 2 fully saturated rings. The van der Waals surface area contributed by atoms with Crippen molar-refractivity contribution in [2.75, 3.05) is 27.9 Å². The molecule has 3 unspecified atom stereocenters. The smallest absolute Gasteiger partial charge is 0.337 e. The van der Waals surface area contributed by atoms with Crippen LogP contribution in [0.4, 0.5) is 0 Å². The normalized spacial score (nSPS) is 24.8. The van der Waals surface area contributed by atoms with E-state index in [1.54, 1.807) is 7.11 Å². The van der Waals surface area contributed by atoms with Crippen molar-refractivity contribution in [1.29, 1.82) is 0 Å². The molecule has 6 heteroatoms. The molecule has 1 saturated carbocycles. The number of esters is 1. The highest BCUT2D eigenvalue weighted by atomic mass is 16.5. The molecule has 0 bridgehead atoms. The molecule has 1 spiro atoms. The number of nitrogens with zero attached hydrogens (tertiary/aromatic N) is 1. The van der Waals surface area contributed by atoms with Crippen molar-refractivity contribution in [1.82, 2.24) is 9.88 Å². The van der Waals surface area contributed by atoms with Crippen LogP contribution in [0, 0.1) is 12.3 Å².